The van der Waals surface area contributed by atoms with Crippen LogP contribution in [0.4, 0.5) is 21.8 Å². The van der Waals surface area contributed by atoms with Crippen molar-refractivity contribution in [3.05, 3.63) is 66.5 Å². The van der Waals surface area contributed by atoms with Crippen LogP contribution < -0.4 is 10.6 Å². The lowest BCUT2D eigenvalue weighted by Crippen LogP contribution is -2.30. The van der Waals surface area contributed by atoms with Gasteiger partial charge < -0.3 is 15.7 Å². The van der Waals surface area contributed by atoms with Crippen LogP contribution in [0.3, 0.4) is 0 Å². The summed E-state index contributed by atoms with van der Waals surface area (Å²) in [6, 6.07) is 17.6. The number of hydrogen-bond donors (Lipinski definition) is 3. The van der Waals surface area contributed by atoms with E-state index in [2.05, 4.69) is 20.6 Å². The van der Waals surface area contributed by atoms with Gasteiger partial charge in [0.05, 0.1) is 18.3 Å². The lowest BCUT2D eigenvalue weighted by molar-refractivity contribution is 0.248. The van der Waals surface area contributed by atoms with Crippen LogP contribution >= 0.6 is 0 Å². The van der Waals surface area contributed by atoms with E-state index in [4.69, 9.17) is 0 Å². The van der Waals surface area contributed by atoms with E-state index < -0.39 is 0 Å². The van der Waals surface area contributed by atoms with Crippen molar-refractivity contribution in [3.8, 4) is 11.3 Å². The molecule has 1 heterocycles. The summed E-state index contributed by atoms with van der Waals surface area (Å²) in [5.41, 5.74) is 2.27. The molecule has 27 heavy (non-hydrogen) atoms. The van der Waals surface area contributed by atoms with Gasteiger partial charge in [0.25, 0.3) is 0 Å². The minimum atomic E-state index is -0.323. The van der Waals surface area contributed by atoms with E-state index in [0.717, 1.165) is 11.3 Å². The van der Waals surface area contributed by atoms with Crippen LogP contribution in [-0.2, 0) is 0 Å². The molecule has 2 aromatic carbocycles. The first-order valence-electron chi connectivity index (χ1n) is 8.89. The molecule has 0 aliphatic heterocycles. The maximum Gasteiger partial charge on any atom is 0.225 e. The molecule has 140 valence electrons. The molecule has 1 atom stereocenters. The Morgan fingerprint density at radius 1 is 1.00 bits per heavy atom. The van der Waals surface area contributed by atoms with Gasteiger partial charge in [0, 0.05) is 17.3 Å². The SMILES string of the molecule is CC(C)[C@@H](CO)Nc1nc(Nc2cccc(F)c2)cc(-c2ccccc2)n1. The molecule has 3 aromatic rings. The van der Waals surface area contributed by atoms with Gasteiger partial charge in [-0.2, -0.15) is 4.98 Å². The topological polar surface area (TPSA) is 70.1 Å². The second kappa shape index (κ2) is 8.60. The molecule has 0 aliphatic rings. The zero-order valence-electron chi connectivity index (χ0n) is 15.4. The van der Waals surface area contributed by atoms with Crippen molar-refractivity contribution in [1.82, 2.24) is 9.97 Å². The Balaban J connectivity index is 1.97. The number of aliphatic hydroxyl groups is 1. The zero-order valence-corrected chi connectivity index (χ0v) is 15.4. The molecular formula is C21H23FN4O. The molecule has 0 spiro atoms. The third kappa shape index (κ3) is 5.01. The van der Waals surface area contributed by atoms with Crippen LogP contribution in [0.2, 0.25) is 0 Å². The summed E-state index contributed by atoms with van der Waals surface area (Å²) in [6.45, 7) is 4.00. The Kier molecular flexibility index (Phi) is 5.98. The predicted molar refractivity (Wildman–Crippen MR) is 106 cm³/mol. The van der Waals surface area contributed by atoms with Crippen molar-refractivity contribution in [2.45, 2.75) is 19.9 Å². The number of benzene rings is 2. The molecule has 0 saturated carbocycles. The minimum absolute atomic E-state index is 0.0246. The van der Waals surface area contributed by atoms with Crippen LogP contribution in [0, 0.1) is 11.7 Å². The molecule has 0 fully saturated rings. The van der Waals surface area contributed by atoms with Gasteiger partial charge in [0.1, 0.15) is 11.6 Å². The molecule has 1 aromatic heterocycles. The Morgan fingerprint density at radius 3 is 2.44 bits per heavy atom. The summed E-state index contributed by atoms with van der Waals surface area (Å²) < 4.78 is 13.5. The average Bonchev–Trinajstić information content (AvgIpc) is 2.66. The Morgan fingerprint density at radius 2 is 1.78 bits per heavy atom. The van der Waals surface area contributed by atoms with Crippen LogP contribution in [0.25, 0.3) is 11.3 Å². The first-order chi connectivity index (χ1) is 13.0. The van der Waals surface area contributed by atoms with Gasteiger partial charge in [0.15, 0.2) is 0 Å². The van der Waals surface area contributed by atoms with E-state index in [0.29, 0.717) is 17.5 Å². The summed E-state index contributed by atoms with van der Waals surface area (Å²) in [6.07, 6.45) is 0. The standard InChI is InChI=1S/C21H23FN4O/c1-14(2)19(13-27)25-21-24-18(15-7-4-3-5-8-15)12-20(26-21)23-17-10-6-9-16(22)11-17/h3-12,14,19,27H,13H2,1-2H3,(H2,23,24,25,26)/t19-/m1/s1. The summed E-state index contributed by atoms with van der Waals surface area (Å²) in [7, 11) is 0. The summed E-state index contributed by atoms with van der Waals surface area (Å²) in [5.74, 6) is 0.829. The third-order valence-corrected chi connectivity index (χ3v) is 4.21. The van der Waals surface area contributed by atoms with Crippen molar-refractivity contribution in [2.75, 3.05) is 17.2 Å². The maximum absolute atomic E-state index is 13.5. The van der Waals surface area contributed by atoms with Crippen molar-refractivity contribution >= 4 is 17.5 Å². The van der Waals surface area contributed by atoms with Gasteiger partial charge in [-0.15, -0.1) is 0 Å². The van der Waals surface area contributed by atoms with Crippen molar-refractivity contribution in [1.29, 1.82) is 0 Å². The molecule has 3 N–H and O–H groups in total. The van der Waals surface area contributed by atoms with Crippen molar-refractivity contribution in [2.24, 2.45) is 5.92 Å². The normalized spacial score (nSPS) is 12.0. The average molecular weight is 366 g/mol. The molecule has 0 aliphatic carbocycles. The zero-order chi connectivity index (χ0) is 19.2. The van der Waals surface area contributed by atoms with E-state index in [1.807, 2.05) is 50.2 Å². The number of halogens is 1. The summed E-state index contributed by atoms with van der Waals surface area (Å²) >= 11 is 0. The van der Waals surface area contributed by atoms with Gasteiger partial charge in [-0.05, 0) is 24.1 Å². The summed E-state index contributed by atoms with van der Waals surface area (Å²) in [5, 5.41) is 15.9. The van der Waals surface area contributed by atoms with Crippen molar-refractivity contribution in [3.63, 3.8) is 0 Å². The van der Waals surface area contributed by atoms with Crippen LogP contribution in [0.5, 0.6) is 0 Å². The fourth-order valence-corrected chi connectivity index (χ4v) is 2.64. The first-order valence-corrected chi connectivity index (χ1v) is 8.89. The number of hydrogen-bond acceptors (Lipinski definition) is 5. The molecule has 5 nitrogen and oxygen atoms in total. The van der Waals surface area contributed by atoms with Gasteiger partial charge >= 0.3 is 0 Å². The molecular weight excluding hydrogens is 343 g/mol. The largest absolute Gasteiger partial charge is 0.394 e. The van der Waals surface area contributed by atoms with Gasteiger partial charge in [-0.1, -0.05) is 50.2 Å². The number of anilines is 3. The number of rotatable bonds is 7. The predicted octanol–water partition coefficient (Wildman–Crippen LogP) is 4.46. The van der Waals surface area contributed by atoms with E-state index >= 15 is 0 Å². The lowest BCUT2D eigenvalue weighted by Gasteiger charge is -2.20. The third-order valence-electron chi connectivity index (χ3n) is 4.21. The van der Waals surface area contributed by atoms with Crippen LogP contribution in [0.15, 0.2) is 60.7 Å². The molecule has 6 heteroatoms. The molecule has 3 rings (SSSR count). The van der Waals surface area contributed by atoms with Gasteiger partial charge in [-0.3, -0.25) is 0 Å². The minimum Gasteiger partial charge on any atom is -0.394 e. The van der Waals surface area contributed by atoms with Crippen molar-refractivity contribution < 1.29 is 9.50 Å². The lowest BCUT2D eigenvalue weighted by atomic mass is 10.1. The van der Waals surface area contributed by atoms with Crippen LogP contribution in [-0.4, -0.2) is 27.7 Å². The highest BCUT2D eigenvalue weighted by molar-refractivity contribution is 5.67. The molecule has 0 unspecified atom stereocenters. The fraction of sp³-hybridized carbons (Fsp3) is 0.238. The second-order valence-electron chi connectivity index (χ2n) is 6.64. The Bertz CT molecular complexity index is 886. The first kappa shape index (κ1) is 18.8. The van der Waals surface area contributed by atoms with Gasteiger partial charge in [-0.25, -0.2) is 9.37 Å². The highest BCUT2D eigenvalue weighted by atomic mass is 19.1. The molecule has 0 amide bonds. The number of nitrogens with zero attached hydrogens (tertiary/aromatic N) is 2. The second-order valence-corrected chi connectivity index (χ2v) is 6.64. The van der Waals surface area contributed by atoms with E-state index in [9.17, 15) is 9.50 Å². The maximum atomic E-state index is 13.5. The monoisotopic (exact) mass is 366 g/mol. The fourth-order valence-electron chi connectivity index (χ4n) is 2.64. The Labute approximate surface area is 158 Å². The van der Waals surface area contributed by atoms with E-state index in [1.54, 1.807) is 12.1 Å². The number of aliphatic hydroxyl groups excluding tert-OH is 1. The Hall–Kier alpha value is -2.99. The molecule has 0 saturated heterocycles. The highest BCUT2D eigenvalue weighted by Crippen LogP contribution is 2.24. The molecule has 0 radical (unpaired) electrons. The van der Waals surface area contributed by atoms with E-state index in [1.165, 1.54) is 12.1 Å². The summed E-state index contributed by atoms with van der Waals surface area (Å²) in [4.78, 5) is 9.07. The number of nitrogens with one attached hydrogen (secondary N) is 2. The van der Waals surface area contributed by atoms with Gasteiger partial charge in [0.2, 0.25) is 5.95 Å². The van der Waals surface area contributed by atoms with Crippen LogP contribution in [0.1, 0.15) is 13.8 Å². The quantitative estimate of drug-likeness (QED) is 0.576. The molecule has 0 bridgehead atoms. The highest BCUT2D eigenvalue weighted by Gasteiger charge is 2.15. The number of aromatic nitrogens is 2. The van der Waals surface area contributed by atoms with E-state index in [-0.39, 0.29) is 24.4 Å². The smallest absolute Gasteiger partial charge is 0.225 e.